The van der Waals surface area contributed by atoms with Gasteiger partial charge in [0.2, 0.25) is 5.91 Å². The Balaban J connectivity index is 1.76. The molecule has 0 saturated heterocycles. The van der Waals surface area contributed by atoms with Gasteiger partial charge in [0.05, 0.1) is 24.5 Å². The number of ether oxygens (including phenoxy) is 1. The Labute approximate surface area is 164 Å². The zero-order valence-electron chi connectivity index (χ0n) is 13.4. The summed E-state index contributed by atoms with van der Waals surface area (Å²) in [5.74, 6) is 0.384. The largest absolute Gasteiger partial charge is 0.466 e. The van der Waals surface area contributed by atoms with E-state index < -0.39 is 0 Å². The van der Waals surface area contributed by atoms with Crippen molar-refractivity contribution in [1.82, 2.24) is 4.98 Å². The minimum atomic E-state index is -0.332. The standard InChI is InChI=1S/C16H16Cl2N2O3S2/c1-2-23-15(22)6-12-8-25-16(19-12)20-14(21)9-24-7-10-3-4-11(17)5-13(10)18/h3-5,8H,2,6-7,9H2,1H3,(H,19,20,21). The summed E-state index contributed by atoms with van der Waals surface area (Å²) >= 11 is 14.7. The minimum absolute atomic E-state index is 0.101. The third kappa shape index (κ3) is 6.86. The van der Waals surface area contributed by atoms with Crippen molar-refractivity contribution >= 4 is 63.3 Å². The monoisotopic (exact) mass is 418 g/mol. The number of nitrogens with zero attached hydrogens (tertiary/aromatic N) is 1. The summed E-state index contributed by atoms with van der Waals surface area (Å²) in [6, 6.07) is 5.29. The van der Waals surface area contributed by atoms with Crippen LogP contribution >= 0.6 is 46.3 Å². The van der Waals surface area contributed by atoms with Crippen molar-refractivity contribution < 1.29 is 14.3 Å². The van der Waals surface area contributed by atoms with Gasteiger partial charge in [-0.3, -0.25) is 9.59 Å². The van der Waals surface area contributed by atoms with Crippen molar-refractivity contribution in [2.24, 2.45) is 0 Å². The first-order valence-electron chi connectivity index (χ1n) is 7.39. The van der Waals surface area contributed by atoms with E-state index in [1.807, 2.05) is 6.07 Å². The molecule has 0 atom stereocenters. The lowest BCUT2D eigenvalue weighted by Crippen LogP contribution is -2.14. The number of amides is 1. The normalized spacial score (nSPS) is 10.5. The summed E-state index contributed by atoms with van der Waals surface area (Å²) in [7, 11) is 0. The lowest BCUT2D eigenvalue weighted by Gasteiger charge is -2.05. The molecular formula is C16H16Cl2N2O3S2. The first-order valence-corrected chi connectivity index (χ1v) is 10.2. The van der Waals surface area contributed by atoms with Gasteiger partial charge in [0.25, 0.3) is 0 Å². The molecule has 0 saturated carbocycles. The number of hydrogen-bond acceptors (Lipinski definition) is 6. The van der Waals surface area contributed by atoms with Gasteiger partial charge >= 0.3 is 5.97 Å². The van der Waals surface area contributed by atoms with Crippen LogP contribution in [-0.2, 0) is 26.5 Å². The van der Waals surface area contributed by atoms with Crippen LogP contribution in [0.25, 0.3) is 0 Å². The fourth-order valence-electron chi connectivity index (χ4n) is 1.85. The third-order valence-electron chi connectivity index (χ3n) is 2.93. The van der Waals surface area contributed by atoms with Crippen LogP contribution in [0.3, 0.4) is 0 Å². The molecule has 1 aromatic carbocycles. The first-order chi connectivity index (χ1) is 12.0. The second-order valence-electron chi connectivity index (χ2n) is 4.90. The number of aromatic nitrogens is 1. The number of benzene rings is 1. The topological polar surface area (TPSA) is 68.3 Å². The highest BCUT2D eigenvalue weighted by Crippen LogP contribution is 2.25. The van der Waals surface area contributed by atoms with Crippen LogP contribution in [0.1, 0.15) is 18.2 Å². The van der Waals surface area contributed by atoms with Gasteiger partial charge in [-0.05, 0) is 24.6 Å². The van der Waals surface area contributed by atoms with Crippen LogP contribution < -0.4 is 5.32 Å². The van der Waals surface area contributed by atoms with E-state index in [0.29, 0.717) is 33.2 Å². The van der Waals surface area contributed by atoms with Gasteiger partial charge in [0, 0.05) is 21.2 Å². The minimum Gasteiger partial charge on any atom is -0.466 e. The molecule has 0 aliphatic carbocycles. The molecular weight excluding hydrogens is 403 g/mol. The van der Waals surface area contributed by atoms with Gasteiger partial charge < -0.3 is 10.1 Å². The van der Waals surface area contributed by atoms with Gasteiger partial charge in [-0.1, -0.05) is 29.3 Å². The van der Waals surface area contributed by atoms with Crippen molar-refractivity contribution in [2.75, 3.05) is 17.7 Å². The predicted octanol–water partition coefficient (Wildman–Crippen LogP) is 4.43. The molecule has 0 radical (unpaired) electrons. The first kappa shape index (κ1) is 20.0. The van der Waals surface area contributed by atoms with Gasteiger partial charge in [-0.25, -0.2) is 4.98 Å². The highest BCUT2D eigenvalue weighted by Gasteiger charge is 2.11. The molecule has 1 heterocycles. The Hall–Kier alpha value is -1.28. The summed E-state index contributed by atoms with van der Waals surface area (Å²) in [5.41, 5.74) is 1.51. The molecule has 0 aliphatic rings. The number of halogens is 2. The van der Waals surface area contributed by atoms with Gasteiger partial charge in [-0.2, -0.15) is 0 Å². The Morgan fingerprint density at radius 2 is 2.16 bits per heavy atom. The third-order valence-corrected chi connectivity index (χ3v) is 5.31. The van der Waals surface area contributed by atoms with Crippen molar-refractivity contribution in [3.63, 3.8) is 0 Å². The van der Waals surface area contributed by atoms with E-state index in [-0.39, 0.29) is 24.1 Å². The molecule has 0 bridgehead atoms. The molecule has 2 rings (SSSR count). The molecule has 0 spiro atoms. The quantitative estimate of drug-likeness (QED) is 0.642. The molecule has 2 aromatic rings. The van der Waals surface area contributed by atoms with Crippen LogP contribution in [-0.4, -0.2) is 29.2 Å². The van der Waals surface area contributed by atoms with Crippen LogP contribution in [0.4, 0.5) is 5.13 Å². The summed E-state index contributed by atoms with van der Waals surface area (Å²) in [4.78, 5) is 27.6. The fraction of sp³-hybridized carbons (Fsp3) is 0.312. The molecule has 0 aliphatic heterocycles. The van der Waals surface area contributed by atoms with E-state index in [1.165, 1.54) is 23.1 Å². The maximum absolute atomic E-state index is 12.0. The molecule has 134 valence electrons. The zero-order valence-corrected chi connectivity index (χ0v) is 16.5. The SMILES string of the molecule is CCOC(=O)Cc1csc(NC(=O)CSCc2ccc(Cl)cc2Cl)n1. The van der Waals surface area contributed by atoms with Crippen LogP contribution in [0.2, 0.25) is 10.0 Å². The van der Waals surface area contributed by atoms with E-state index in [4.69, 9.17) is 27.9 Å². The molecule has 0 fully saturated rings. The highest BCUT2D eigenvalue weighted by atomic mass is 35.5. The number of hydrogen-bond donors (Lipinski definition) is 1. The Kier molecular flexibility index (Phi) is 8.02. The number of thioether (sulfide) groups is 1. The maximum atomic E-state index is 12.0. The Bertz CT molecular complexity index is 753. The zero-order chi connectivity index (χ0) is 18.2. The molecule has 5 nitrogen and oxygen atoms in total. The lowest BCUT2D eigenvalue weighted by atomic mass is 10.2. The van der Waals surface area contributed by atoms with Crippen LogP contribution in [0.15, 0.2) is 23.6 Å². The number of rotatable bonds is 8. The van der Waals surface area contributed by atoms with Gasteiger partial charge in [-0.15, -0.1) is 23.1 Å². The summed E-state index contributed by atoms with van der Waals surface area (Å²) in [5, 5.41) is 6.08. The molecule has 1 N–H and O–H groups in total. The van der Waals surface area contributed by atoms with E-state index in [0.717, 1.165) is 5.56 Å². The van der Waals surface area contributed by atoms with E-state index in [9.17, 15) is 9.59 Å². The van der Waals surface area contributed by atoms with E-state index in [1.54, 1.807) is 24.4 Å². The van der Waals surface area contributed by atoms with Crippen LogP contribution in [0.5, 0.6) is 0 Å². The number of anilines is 1. The number of nitrogens with one attached hydrogen (secondary N) is 1. The smallest absolute Gasteiger partial charge is 0.311 e. The predicted molar refractivity (Wildman–Crippen MR) is 104 cm³/mol. The van der Waals surface area contributed by atoms with Gasteiger partial charge in [0.1, 0.15) is 0 Å². The molecule has 25 heavy (non-hydrogen) atoms. The highest BCUT2D eigenvalue weighted by molar-refractivity contribution is 7.99. The average molecular weight is 419 g/mol. The molecule has 1 amide bonds. The number of carbonyl (C=O) groups is 2. The van der Waals surface area contributed by atoms with Crippen LogP contribution in [0, 0.1) is 0 Å². The van der Waals surface area contributed by atoms with E-state index >= 15 is 0 Å². The molecule has 0 unspecified atom stereocenters. The van der Waals surface area contributed by atoms with E-state index in [2.05, 4.69) is 10.3 Å². The lowest BCUT2D eigenvalue weighted by molar-refractivity contribution is -0.142. The molecule has 1 aromatic heterocycles. The molecule has 9 heteroatoms. The number of carbonyl (C=O) groups excluding carboxylic acids is 2. The average Bonchev–Trinajstić information content (AvgIpc) is 2.96. The fourth-order valence-corrected chi connectivity index (χ4v) is 3.97. The summed E-state index contributed by atoms with van der Waals surface area (Å²) in [6.45, 7) is 2.08. The maximum Gasteiger partial charge on any atom is 0.311 e. The van der Waals surface area contributed by atoms with Crippen molar-refractivity contribution in [2.45, 2.75) is 19.1 Å². The summed E-state index contributed by atoms with van der Waals surface area (Å²) in [6.07, 6.45) is 0.101. The van der Waals surface area contributed by atoms with Crippen molar-refractivity contribution in [1.29, 1.82) is 0 Å². The van der Waals surface area contributed by atoms with Crippen molar-refractivity contribution in [3.8, 4) is 0 Å². The Morgan fingerprint density at radius 1 is 1.36 bits per heavy atom. The Morgan fingerprint density at radius 3 is 2.88 bits per heavy atom. The second kappa shape index (κ2) is 10.0. The second-order valence-corrected chi connectivity index (χ2v) is 7.59. The van der Waals surface area contributed by atoms with Crippen molar-refractivity contribution in [3.05, 3.63) is 44.9 Å². The summed E-state index contributed by atoms with van der Waals surface area (Å²) < 4.78 is 4.86. The van der Waals surface area contributed by atoms with Gasteiger partial charge in [0.15, 0.2) is 5.13 Å². The number of thiazole rings is 1. The number of esters is 1.